The summed E-state index contributed by atoms with van der Waals surface area (Å²) in [6.45, 7) is 4.97. The Kier molecular flexibility index (Phi) is 8.51. The van der Waals surface area contributed by atoms with Crippen LogP contribution in [0.15, 0.2) is 70.5 Å². The fourth-order valence-electron chi connectivity index (χ4n) is 4.51. The number of rotatable bonds is 8. The molecule has 0 radical (unpaired) electrons. The van der Waals surface area contributed by atoms with Gasteiger partial charge in [0.2, 0.25) is 0 Å². The highest BCUT2D eigenvalue weighted by molar-refractivity contribution is 7.93. The molecular formula is C28H33N3O6S2. The van der Waals surface area contributed by atoms with Crippen molar-refractivity contribution in [2.75, 3.05) is 29.6 Å². The molecule has 9 nitrogen and oxygen atoms in total. The van der Waals surface area contributed by atoms with E-state index in [-0.39, 0.29) is 26.9 Å². The first kappa shape index (κ1) is 28.4. The molecule has 0 aliphatic carbocycles. The van der Waals surface area contributed by atoms with Crippen LogP contribution < -0.4 is 14.2 Å². The second-order valence-electron chi connectivity index (χ2n) is 9.62. The van der Waals surface area contributed by atoms with E-state index < -0.39 is 20.0 Å². The SMILES string of the molecule is COc1ccc(S(=O)(=O)Nc2ccc(S(=O)(=O)Nc3ccc(C)cc3C)cc2)cc1C(=O)N1CCCCCC1. The van der Waals surface area contributed by atoms with Crippen molar-refractivity contribution in [2.24, 2.45) is 0 Å². The zero-order chi connectivity index (χ0) is 28.2. The van der Waals surface area contributed by atoms with Crippen LogP contribution in [0.3, 0.4) is 0 Å². The molecule has 208 valence electrons. The number of benzene rings is 3. The van der Waals surface area contributed by atoms with Gasteiger partial charge in [-0.15, -0.1) is 0 Å². The van der Waals surface area contributed by atoms with Crippen molar-refractivity contribution in [2.45, 2.75) is 49.3 Å². The molecule has 0 bridgehead atoms. The second-order valence-corrected chi connectivity index (χ2v) is 13.0. The first-order chi connectivity index (χ1) is 18.5. The number of hydrogen-bond donors (Lipinski definition) is 2. The first-order valence-electron chi connectivity index (χ1n) is 12.7. The van der Waals surface area contributed by atoms with Crippen LogP contribution >= 0.6 is 0 Å². The van der Waals surface area contributed by atoms with Crippen molar-refractivity contribution in [1.29, 1.82) is 0 Å². The third-order valence-electron chi connectivity index (χ3n) is 6.65. The fraction of sp³-hybridized carbons (Fsp3) is 0.321. The van der Waals surface area contributed by atoms with Gasteiger partial charge >= 0.3 is 0 Å². The van der Waals surface area contributed by atoms with Crippen LogP contribution in [0.25, 0.3) is 0 Å². The number of ether oxygens (including phenoxy) is 1. The Morgan fingerprint density at radius 3 is 2.00 bits per heavy atom. The Morgan fingerprint density at radius 1 is 0.769 bits per heavy atom. The third-order valence-corrected chi connectivity index (χ3v) is 9.41. The van der Waals surface area contributed by atoms with Gasteiger partial charge in [0.25, 0.3) is 26.0 Å². The number of carbonyl (C=O) groups excluding carboxylic acids is 1. The lowest BCUT2D eigenvalue weighted by Crippen LogP contribution is -2.32. The summed E-state index contributed by atoms with van der Waals surface area (Å²) in [6, 6.07) is 14.9. The molecule has 2 N–H and O–H groups in total. The number of nitrogens with zero attached hydrogens (tertiary/aromatic N) is 1. The standard InChI is InChI=1S/C28H33N3O6S2/c1-20-8-14-26(21(2)18-20)30-38(33,34)23-11-9-22(10-12-23)29-39(35,36)24-13-15-27(37-3)25(19-24)28(32)31-16-6-4-5-7-17-31/h8-15,18-19,29-30H,4-7,16-17H2,1-3H3. The Bertz CT molecular complexity index is 1560. The quantitative estimate of drug-likeness (QED) is 0.395. The molecule has 1 aliphatic heterocycles. The maximum absolute atomic E-state index is 13.2. The predicted molar refractivity (Wildman–Crippen MR) is 151 cm³/mol. The molecular weight excluding hydrogens is 538 g/mol. The van der Waals surface area contributed by atoms with E-state index in [0.29, 0.717) is 24.5 Å². The molecule has 1 fully saturated rings. The molecule has 1 heterocycles. The number of amides is 1. The molecule has 0 atom stereocenters. The zero-order valence-corrected chi connectivity index (χ0v) is 23.9. The van der Waals surface area contributed by atoms with Gasteiger partial charge in [-0.1, -0.05) is 30.5 Å². The van der Waals surface area contributed by atoms with Crippen molar-refractivity contribution in [3.8, 4) is 5.75 Å². The summed E-state index contributed by atoms with van der Waals surface area (Å²) in [5.74, 6) is 0.0331. The number of aryl methyl sites for hydroxylation is 2. The van der Waals surface area contributed by atoms with Gasteiger partial charge in [0.05, 0.1) is 28.2 Å². The van der Waals surface area contributed by atoms with E-state index in [0.717, 1.165) is 36.8 Å². The largest absolute Gasteiger partial charge is 0.496 e. The van der Waals surface area contributed by atoms with Crippen LogP contribution in [0.4, 0.5) is 11.4 Å². The molecule has 0 saturated carbocycles. The van der Waals surface area contributed by atoms with Crippen molar-refractivity contribution < 1.29 is 26.4 Å². The monoisotopic (exact) mass is 571 g/mol. The Morgan fingerprint density at radius 2 is 1.38 bits per heavy atom. The summed E-state index contributed by atoms with van der Waals surface area (Å²) < 4.78 is 62.5. The van der Waals surface area contributed by atoms with Crippen LogP contribution in [0, 0.1) is 13.8 Å². The zero-order valence-electron chi connectivity index (χ0n) is 22.2. The van der Waals surface area contributed by atoms with Crippen molar-refractivity contribution in [3.63, 3.8) is 0 Å². The van der Waals surface area contributed by atoms with E-state index in [2.05, 4.69) is 9.44 Å². The van der Waals surface area contributed by atoms with Gasteiger partial charge in [-0.25, -0.2) is 16.8 Å². The topological polar surface area (TPSA) is 122 Å². The van der Waals surface area contributed by atoms with Crippen molar-refractivity contribution in [3.05, 3.63) is 77.4 Å². The van der Waals surface area contributed by atoms with Gasteiger partial charge in [0.1, 0.15) is 5.75 Å². The second kappa shape index (κ2) is 11.7. The molecule has 39 heavy (non-hydrogen) atoms. The highest BCUT2D eigenvalue weighted by Gasteiger charge is 2.24. The lowest BCUT2D eigenvalue weighted by atomic mass is 10.1. The minimum Gasteiger partial charge on any atom is -0.496 e. The van der Waals surface area contributed by atoms with Crippen molar-refractivity contribution in [1.82, 2.24) is 4.90 Å². The Balaban J connectivity index is 1.53. The number of likely N-dealkylation sites (tertiary alicyclic amines) is 1. The minimum atomic E-state index is -4.08. The van der Waals surface area contributed by atoms with E-state index in [1.807, 2.05) is 26.0 Å². The maximum Gasteiger partial charge on any atom is 0.261 e. The number of hydrogen-bond acceptors (Lipinski definition) is 6. The van der Waals surface area contributed by atoms with Gasteiger partial charge in [-0.3, -0.25) is 14.2 Å². The predicted octanol–water partition coefficient (Wildman–Crippen LogP) is 4.93. The number of sulfonamides is 2. The van der Waals surface area contributed by atoms with Gasteiger partial charge < -0.3 is 9.64 Å². The smallest absolute Gasteiger partial charge is 0.261 e. The molecule has 0 aromatic heterocycles. The Labute approximate surface area is 230 Å². The highest BCUT2D eigenvalue weighted by Crippen LogP contribution is 2.27. The van der Waals surface area contributed by atoms with Crippen LogP contribution in [0.5, 0.6) is 5.75 Å². The summed E-state index contributed by atoms with van der Waals surface area (Å²) in [4.78, 5) is 14.9. The minimum absolute atomic E-state index is 0.0137. The number of methoxy groups -OCH3 is 1. The van der Waals surface area contributed by atoms with E-state index in [1.54, 1.807) is 11.0 Å². The number of anilines is 2. The van der Waals surface area contributed by atoms with Crippen LogP contribution in [-0.4, -0.2) is 47.8 Å². The summed E-state index contributed by atoms with van der Waals surface area (Å²) >= 11 is 0. The van der Waals surface area contributed by atoms with Crippen LogP contribution in [-0.2, 0) is 20.0 Å². The molecule has 1 aliphatic rings. The first-order valence-corrected chi connectivity index (χ1v) is 15.7. The molecule has 4 rings (SSSR count). The van der Waals surface area contributed by atoms with E-state index in [9.17, 15) is 21.6 Å². The summed E-state index contributed by atoms with van der Waals surface area (Å²) in [5.41, 5.74) is 2.63. The van der Waals surface area contributed by atoms with Gasteiger partial charge in [-0.05, 0) is 80.8 Å². The van der Waals surface area contributed by atoms with Crippen LogP contribution in [0.1, 0.15) is 47.2 Å². The Hall–Kier alpha value is -3.57. The van der Waals surface area contributed by atoms with E-state index in [1.165, 1.54) is 49.6 Å². The van der Waals surface area contributed by atoms with E-state index in [4.69, 9.17) is 4.74 Å². The molecule has 11 heteroatoms. The van der Waals surface area contributed by atoms with E-state index >= 15 is 0 Å². The lowest BCUT2D eigenvalue weighted by molar-refractivity contribution is 0.0758. The number of carbonyl (C=O) groups is 1. The molecule has 0 unspecified atom stereocenters. The normalized spacial score (nSPS) is 14.4. The molecule has 3 aromatic rings. The molecule has 1 amide bonds. The fourth-order valence-corrected chi connectivity index (χ4v) is 6.73. The van der Waals surface area contributed by atoms with Gasteiger partial charge in [-0.2, -0.15) is 0 Å². The lowest BCUT2D eigenvalue weighted by Gasteiger charge is -2.22. The average Bonchev–Trinajstić information content (AvgIpc) is 3.19. The van der Waals surface area contributed by atoms with Crippen molar-refractivity contribution >= 4 is 37.3 Å². The van der Waals surface area contributed by atoms with Gasteiger partial charge in [0, 0.05) is 18.8 Å². The van der Waals surface area contributed by atoms with Gasteiger partial charge in [0.15, 0.2) is 0 Å². The average molecular weight is 572 g/mol. The third kappa shape index (κ3) is 6.72. The maximum atomic E-state index is 13.2. The molecule has 3 aromatic carbocycles. The molecule has 1 saturated heterocycles. The summed E-state index contributed by atoms with van der Waals surface area (Å²) in [7, 11) is -6.52. The molecule has 0 spiro atoms. The number of nitrogens with one attached hydrogen (secondary N) is 2. The highest BCUT2D eigenvalue weighted by atomic mass is 32.2. The van der Waals surface area contributed by atoms with Crippen LogP contribution in [0.2, 0.25) is 0 Å². The summed E-state index contributed by atoms with van der Waals surface area (Å²) in [6.07, 6.45) is 3.92. The summed E-state index contributed by atoms with van der Waals surface area (Å²) in [5, 5.41) is 0.